The van der Waals surface area contributed by atoms with Crippen LogP contribution in [0.5, 0.6) is 0 Å². The molecule has 3 nitrogen and oxygen atoms in total. The van der Waals surface area contributed by atoms with Crippen molar-refractivity contribution in [2.24, 2.45) is 5.92 Å². The topological polar surface area (TPSA) is 37.8 Å². The first kappa shape index (κ1) is 14.8. The molecule has 1 aromatic carbocycles. The number of rotatable bonds is 5. The van der Waals surface area contributed by atoms with Gasteiger partial charge in [-0.1, -0.05) is 24.3 Å². The Hall–Kier alpha value is -1.78. The first-order valence-corrected chi connectivity index (χ1v) is 9.06. The molecule has 2 aromatic heterocycles. The summed E-state index contributed by atoms with van der Waals surface area (Å²) in [7, 11) is 0. The van der Waals surface area contributed by atoms with Crippen LogP contribution in [0.3, 0.4) is 0 Å². The number of fused-ring (bicyclic) bond motifs is 1. The summed E-state index contributed by atoms with van der Waals surface area (Å²) in [6.07, 6.45) is 4.58. The zero-order valence-electron chi connectivity index (χ0n) is 13.5. The Morgan fingerprint density at radius 3 is 2.74 bits per heavy atom. The summed E-state index contributed by atoms with van der Waals surface area (Å²) in [5.41, 5.74) is 2.16. The van der Waals surface area contributed by atoms with Crippen LogP contribution in [0, 0.1) is 12.8 Å². The molecule has 0 aliphatic heterocycles. The van der Waals surface area contributed by atoms with Crippen LogP contribution in [0.2, 0.25) is 0 Å². The van der Waals surface area contributed by atoms with E-state index >= 15 is 0 Å². The molecule has 0 bridgehead atoms. The lowest BCUT2D eigenvalue weighted by atomic mass is 10.1. The van der Waals surface area contributed by atoms with E-state index in [1.807, 2.05) is 23.6 Å². The quantitative estimate of drug-likeness (QED) is 0.733. The lowest BCUT2D eigenvalue weighted by Gasteiger charge is -2.21. The number of hydrogen-bond acceptors (Lipinski definition) is 4. The second-order valence-corrected chi connectivity index (χ2v) is 7.71. The number of nitrogens with zero attached hydrogens (tertiary/aromatic N) is 2. The third kappa shape index (κ3) is 3.14. The predicted octanol–water partition coefficient (Wildman–Crippen LogP) is 4.80. The van der Waals surface area contributed by atoms with E-state index in [-0.39, 0.29) is 6.04 Å². The highest BCUT2D eigenvalue weighted by molar-refractivity contribution is 7.11. The predicted molar refractivity (Wildman–Crippen MR) is 95.6 cm³/mol. The Labute approximate surface area is 140 Å². The van der Waals surface area contributed by atoms with Crippen molar-refractivity contribution in [1.29, 1.82) is 0 Å². The third-order valence-corrected chi connectivity index (χ3v) is 5.49. The third-order valence-electron chi connectivity index (χ3n) is 4.49. The van der Waals surface area contributed by atoms with Crippen molar-refractivity contribution >= 4 is 22.2 Å². The number of para-hydroxylation sites is 1. The largest absolute Gasteiger partial charge is 0.300 e. The minimum atomic E-state index is 0.217. The van der Waals surface area contributed by atoms with Crippen molar-refractivity contribution in [3.63, 3.8) is 0 Å². The van der Waals surface area contributed by atoms with E-state index in [1.165, 1.54) is 28.1 Å². The fourth-order valence-electron chi connectivity index (χ4n) is 3.03. The normalized spacial score (nSPS) is 17.3. The molecule has 0 amide bonds. The summed E-state index contributed by atoms with van der Waals surface area (Å²) in [6.45, 7) is 4.33. The van der Waals surface area contributed by atoms with Crippen molar-refractivity contribution in [3.8, 4) is 0 Å². The summed E-state index contributed by atoms with van der Waals surface area (Å²) in [5, 5.41) is 6.19. The molecule has 118 valence electrons. The SMILES string of the molecule is Cc1cnc([C@@H](N[C@@H](C)c2ccc3ccccc3n2)C2CC2)s1. The molecule has 3 aromatic rings. The van der Waals surface area contributed by atoms with Crippen molar-refractivity contribution in [2.45, 2.75) is 38.8 Å². The zero-order chi connectivity index (χ0) is 15.8. The van der Waals surface area contributed by atoms with E-state index < -0.39 is 0 Å². The number of benzene rings is 1. The highest BCUT2D eigenvalue weighted by Gasteiger charge is 2.35. The van der Waals surface area contributed by atoms with Crippen LogP contribution in [0.1, 0.15) is 47.4 Å². The van der Waals surface area contributed by atoms with Crippen LogP contribution in [0.4, 0.5) is 0 Å². The van der Waals surface area contributed by atoms with Crippen LogP contribution < -0.4 is 5.32 Å². The number of nitrogens with one attached hydrogen (secondary N) is 1. The summed E-state index contributed by atoms with van der Waals surface area (Å²) in [4.78, 5) is 10.7. The van der Waals surface area contributed by atoms with Gasteiger partial charge < -0.3 is 0 Å². The fourth-order valence-corrected chi connectivity index (χ4v) is 3.96. The first-order valence-electron chi connectivity index (χ1n) is 8.25. The van der Waals surface area contributed by atoms with Crippen LogP contribution in [0.25, 0.3) is 10.9 Å². The standard InChI is InChI=1S/C19H21N3S/c1-12-11-20-19(23-12)18(15-7-8-15)21-13(2)16-10-9-14-5-3-4-6-17(14)22-16/h3-6,9-11,13,15,18,21H,7-8H2,1-2H3/t13-,18-/m0/s1. The molecule has 1 saturated carbocycles. The second-order valence-electron chi connectivity index (χ2n) is 6.44. The Morgan fingerprint density at radius 2 is 2.00 bits per heavy atom. The number of thiazole rings is 1. The second kappa shape index (κ2) is 6.02. The van der Waals surface area contributed by atoms with Gasteiger partial charge >= 0.3 is 0 Å². The van der Waals surface area contributed by atoms with Crippen molar-refractivity contribution in [3.05, 3.63) is 58.2 Å². The zero-order valence-corrected chi connectivity index (χ0v) is 14.3. The number of hydrogen-bond donors (Lipinski definition) is 1. The van der Waals surface area contributed by atoms with E-state index in [2.05, 4.69) is 54.5 Å². The molecule has 1 N–H and O–H groups in total. The molecule has 23 heavy (non-hydrogen) atoms. The average Bonchev–Trinajstić information content (AvgIpc) is 3.33. The molecule has 1 aliphatic carbocycles. The maximum Gasteiger partial charge on any atom is 0.110 e. The van der Waals surface area contributed by atoms with Gasteiger partial charge in [0.05, 0.1) is 17.3 Å². The lowest BCUT2D eigenvalue weighted by Crippen LogP contribution is -2.26. The maximum absolute atomic E-state index is 4.83. The average molecular weight is 323 g/mol. The van der Waals surface area contributed by atoms with E-state index in [0.717, 1.165) is 17.1 Å². The van der Waals surface area contributed by atoms with Gasteiger partial charge in [-0.05, 0) is 44.7 Å². The molecule has 1 aliphatic rings. The fraction of sp³-hybridized carbons (Fsp3) is 0.368. The summed E-state index contributed by atoms with van der Waals surface area (Å²) >= 11 is 1.81. The molecule has 0 saturated heterocycles. The lowest BCUT2D eigenvalue weighted by molar-refractivity contribution is 0.421. The number of aryl methyl sites for hydroxylation is 1. The first-order chi connectivity index (χ1) is 11.2. The molecule has 4 heteroatoms. The van der Waals surface area contributed by atoms with E-state index in [1.54, 1.807) is 0 Å². The van der Waals surface area contributed by atoms with Gasteiger partial charge in [0, 0.05) is 22.5 Å². The highest BCUT2D eigenvalue weighted by Crippen LogP contribution is 2.43. The monoisotopic (exact) mass is 323 g/mol. The maximum atomic E-state index is 4.83. The number of pyridine rings is 1. The molecule has 1 fully saturated rings. The van der Waals surface area contributed by atoms with Crippen molar-refractivity contribution in [1.82, 2.24) is 15.3 Å². The van der Waals surface area contributed by atoms with Gasteiger partial charge in [-0.3, -0.25) is 10.3 Å². The minimum Gasteiger partial charge on any atom is -0.300 e. The van der Waals surface area contributed by atoms with Crippen molar-refractivity contribution in [2.75, 3.05) is 0 Å². The molecule has 2 heterocycles. The van der Waals surface area contributed by atoms with Gasteiger partial charge in [0.1, 0.15) is 5.01 Å². The van der Waals surface area contributed by atoms with Crippen LogP contribution in [-0.2, 0) is 0 Å². The van der Waals surface area contributed by atoms with E-state index in [9.17, 15) is 0 Å². The van der Waals surface area contributed by atoms with E-state index in [0.29, 0.717) is 6.04 Å². The van der Waals surface area contributed by atoms with E-state index in [4.69, 9.17) is 4.98 Å². The van der Waals surface area contributed by atoms with Gasteiger partial charge in [0.15, 0.2) is 0 Å². The molecular weight excluding hydrogens is 302 g/mol. The molecule has 2 atom stereocenters. The van der Waals surface area contributed by atoms with Gasteiger partial charge in [-0.2, -0.15) is 0 Å². The molecule has 4 rings (SSSR count). The molecule has 0 spiro atoms. The summed E-state index contributed by atoms with van der Waals surface area (Å²) in [5.74, 6) is 0.725. The Balaban J connectivity index is 1.58. The minimum absolute atomic E-state index is 0.217. The summed E-state index contributed by atoms with van der Waals surface area (Å²) < 4.78 is 0. The Kier molecular flexibility index (Phi) is 3.87. The molecule has 0 radical (unpaired) electrons. The Bertz CT molecular complexity index is 822. The van der Waals surface area contributed by atoms with Crippen molar-refractivity contribution < 1.29 is 0 Å². The van der Waals surface area contributed by atoms with Gasteiger partial charge in [-0.15, -0.1) is 11.3 Å². The van der Waals surface area contributed by atoms with Gasteiger partial charge in [0.25, 0.3) is 0 Å². The van der Waals surface area contributed by atoms with Crippen LogP contribution in [-0.4, -0.2) is 9.97 Å². The molecule has 0 unspecified atom stereocenters. The van der Waals surface area contributed by atoms with Gasteiger partial charge in [0.2, 0.25) is 0 Å². The smallest absolute Gasteiger partial charge is 0.110 e. The van der Waals surface area contributed by atoms with Crippen LogP contribution >= 0.6 is 11.3 Å². The number of aromatic nitrogens is 2. The van der Waals surface area contributed by atoms with Crippen LogP contribution in [0.15, 0.2) is 42.6 Å². The summed E-state index contributed by atoms with van der Waals surface area (Å²) in [6, 6.07) is 13.2. The van der Waals surface area contributed by atoms with Gasteiger partial charge in [-0.25, -0.2) is 4.98 Å². The Morgan fingerprint density at radius 1 is 1.17 bits per heavy atom. The highest BCUT2D eigenvalue weighted by atomic mass is 32.1. The molecular formula is C19H21N3S.